The highest BCUT2D eigenvalue weighted by atomic mass is 31.0. The Morgan fingerprint density at radius 3 is 1.96 bits per heavy atom. The molecule has 4 heteroatoms. The maximum atomic E-state index is 10.8. The van der Waals surface area contributed by atoms with Crippen LogP contribution in [0, 0.1) is 10.8 Å². The number of benzene rings is 1. The molecule has 2 atom stereocenters. The highest BCUT2D eigenvalue weighted by molar-refractivity contribution is 7.15. The van der Waals surface area contributed by atoms with E-state index >= 15 is 0 Å². The van der Waals surface area contributed by atoms with Crippen LogP contribution >= 0.6 is 9.24 Å². The second-order valence-corrected chi connectivity index (χ2v) is 7.85. The average Bonchev–Trinajstić information content (AvgIpc) is 2.43. The van der Waals surface area contributed by atoms with E-state index in [4.69, 9.17) is 10.1 Å². The van der Waals surface area contributed by atoms with E-state index in [1.165, 1.54) is 0 Å². The lowest BCUT2D eigenvalue weighted by atomic mass is 9.77. The molecule has 1 rings (SSSR count). The molecule has 0 aliphatic rings. The number of carboxylic acids is 1. The fourth-order valence-corrected chi connectivity index (χ4v) is 2.05. The molecule has 0 aliphatic carbocycles. The topological polar surface area (TPSA) is 49.7 Å². The molecule has 0 bridgehead atoms. The van der Waals surface area contributed by atoms with Crippen LogP contribution in [0.25, 0.3) is 0 Å². The zero-order valence-corrected chi connectivity index (χ0v) is 16.7. The van der Waals surface area contributed by atoms with Crippen LogP contribution in [-0.2, 0) is 0 Å². The van der Waals surface area contributed by atoms with Gasteiger partial charge in [0.25, 0.3) is 0 Å². The largest absolute Gasteiger partial charge is 0.478 e. The first-order valence-corrected chi connectivity index (χ1v) is 9.09. The first-order valence-electron chi connectivity index (χ1n) is 7.93. The smallest absolute Gasteiger partial charge is 0.335 e. The second-order valence-electron chi connectivity index (χ2n) is 7.85. The Morgan fingerprint density at radius 1 is 1.13 bits per heavy atom. The van der Waals surface area contributed by atoms with Crippen molar-refractivity contribution in [1.29, 1.82) is 0 Å². The Bertz CT molecular complexity index is 508. The predicted octanol–water partition coefficient (Wildman–Crippen LogP) is 5.15. The van der Waals surface area contributed by atoms with Gasteiger partial charge in [0.1, 0.15) is 0 Å². The standard InChI is InChI=1S/C18H27NO2.CH5P/c1-17(2,3)11-15(18(4,5)6)19-12-13-7-9-14(10-8-13)16(20)21;1-2/h7-10,12,15H,11H2,1-6H3,(H,20,21);2H2,1H3. The summed E-state index contributed by atoms with van der Waals surface area (Å²) >= 11 is 0. The molecule has 1 aromatic rings. The monoisotopic (exact) mass is 337 g/mol. The van der Waals surface area contributed by atoms with Crippen LogP contribution in [0.15, 0.2) is 29.3 Å². The van der Waals surface area contributed by atoms with Gasteiger partial charge in [-0.2, -0.15) is 0 Å². The SMILES string of the molecule is CC(C)(C)CC(N=Cc1ccc(C(=O)O)cc1)C(C)(C)C.CP. The predicted molar refractivity (Wildman–Crippen MR) is 104 cm³/mol. The first-order chi connectivity index (χ1) is 10.5. The van der Waals surface area contributed by atoms with Crippen molar-refractivity contribution in [2.75, 3.05) is 6.66 Å². The third-order valence-corrected chi connectivity index (χ3v) is 3.37. The molecular weight excluding hydrogens is 305 g/mol. The van der Waals surface area contributed by atoms with Gasteiger partial charge in [0.15, 0.2) is 0 Å². The van der Waals surface area contributed by atoms with Crippen molar-refractivity contribution in [3.8, 4) is 0 Å². The summed E-state index contributed by atoms with van der Waals surface area (Å²) in [6.45, 7) is 15.2. The first kappa shape index (κ1) is 21.8. The summed E-state index contributed by atoms with van der Waals surface area (Å²) in [5.41, 5.74) is 1.56. The Hall–Kier alpha value is -1.21. The van der Waals surface area contributed by atoms with Gasteiger partial charge in [-0.25, -0.2) is 4.79 Å². The minimum Gasteiger partial charge on any atom is -0.478 e. The van der Waals surface area contributed by atoms with Crippen molar-refractivity contribution in [3.05, 3.63) is 35.4 Å². The van der Waals surface area contributed by atoms with Gasteiger partial charge in [0.05, 0.1) is 11.6 Å². The fourth-order valence-electron chi connectivity index (χ4n) is 2.05. The van der Waals surface area contributed by atoms with Gasteiger partial charge in [-0.15, -0.1) is 9.24 Å². The van der Waals surface area contributed by atoms with Crippen LogP contribution in [-0.4, -0.2) is 30.0 Å². The van der Waals surface area contributed by atoms with Crippen LogP contribution in [0.5, 0.6) is 0 Å². The summed E-state index contributed by atoms with van der Waals surface area (Å²) in [4.78, 5) is 15.6. The number of rotatable bonds is 4. The van der Waals surface area contributed by atoms with E-state index in [1.807, 2.05) is 12.9 Å². The zero-order chi connectivity index (χ0) is 18.3. The van der Waals surface area contributed by atoms with E-state index in [9.17, 15) is 4.79 Å². The normalized spacial score (nSPS) is 13.4. The third-order valence-electron chi connectivity index (χ3n) is 3.37. The lowest BCUT2D eigenvalue weighted by molar-refractivity contribution is 0.0697. The Balaban J connectivity index is 0.00000232. The molecule has 1 N–H and O–H groups in total. The number of aliphatic imine (C=N–C) groups is 1. The molecule has 0 fully saturated rings. The third kappa shape index (κ3) is 8.86. The molecule has 0 aromatic heterocycles. The van der Waals surface area contributed by atoms with E-state index in [-0.39, 0.29) is 16.9 Å². The molecule has 2 unspecified atom stereocenters. The highest BCUT2D eigenvalue weighted by Gasteiger charge is 2.28. The van der Waals surface area contributed by atoms with Crippen LogP contribution < -0.4 is 0 Å². The summed E-state index contributed by atoms with van der Waals surface area (Å²) in [6, 6.07) is 7.05. The van der Waals surface area contributed by atoms with Gasteiger partial charge in [0, 0.05) is 6.21 Å². The molecule has 0 aliphatic heterocycles. The van der Waals surface area contributed by atoms with E-state index in [2.05, 4.69) is 50.8 Å². The van der Waals surface area contributed by atoms with Gasteiger partial charge < -0.3 is 5.11 Å². The molecule has 3 nitrogen and oxygen atoms in total. The number of aromatic carboxylic acids is 1. The Kier molecular flexibility index (Phi) is 8.69. The van der Waals surface area contributed by atoms with Crippen LogP contribution in [0.3, 0.4) is 0 Å². The lowest BCUT2D eigenvalue weighted by Gasteiger charge is -2.32. The van der Waals surface area contributed by atoms with Crippen molar-refractivity contribution >= 4 is 21.4 Å². The summed E-state index contributed by atoms with van der Waals surface area (Å²) in [6.07, 6.45) is 2.87. The van der Waals surface area contributed by atoms with Gasteiger partial charge in [0.2, 0.25) is 0 Å². The second kappa shape index (κ2) is 9.17. The van der Waals surface area contributed by atoms with Crippen molar-refractivity contribution in [2.45, 2.75) is 54.0 Å². The Morgan fingerprint density at radius 2 is 1.61 bits per heavy atom. The molecule has 0 spiro atoms. The lowest BCUT2D eigenvalue weighted by Crippen LogP contribution is -2.29. The van der Waals surface area contributed by atoms with E-state index in [0.717, 1.165) is 12.0 Å². The van der Waals surface area contributed by atoms with Gasteiger partial charge >= 0.3 is 5.97 Å². The number of hydrogen-bond donors (Lipinski definition) is 1. The van der Waals surface area contributed by atoms with Crippen LogP contribution in [0.2, 0.25) is 0 Å². The molecule has 1 aromatic carbocycles. The van der Waals surface area contributed by atoms with Crippen molar-refractivity contribution in [3.63, 3.8) is 0 Å². The minimum atomic E-state index is -0.904. The fraction of sp³-hybridized carbons (Fsp3) is 0.579. The van der Waals surface area contributed by atoms with E-state index in [0.29, 0.717) is 5.56 Å². The molecule has 130 valence electrons. The van der Waals surface area contributed by atoms with Gasteiger partial charge in [-0.05, 0) is 34.9 Å². The quantitative estimate of drug-likeness (QED) is 0.610. The van der Waals surface area contributed by atoms with Gasteiger partial charge in [-0.1, -0.05) is 60.3 Å². The van der Waals surface area contributed by atoms with Crippen LogP contribution in [0.4, 0.5) is 0 Å². The maximum Gasteiger partial charge on any atom is 0.335 e. The maximum absolute atomic E-state index is 10.8. The van der Waals surface area contributed by atoms with E-state index < -0.39 is 5.97 Å². The minimum absolute atomic E-state index is 0.102. The Labute approximate surface area is 143 Å². The highest BCUT2D eigenvalue weighted by Crippen LogP contribution is 2.32. The summed E-state index contributed by atoms with van der Waals surface area (Å²) < 4.78 is 0. The summed E-state index contributed by atoms with van der Waals surface area (Å²) in [5.74, 6) is -0.904. The molecule has 0 saturated heterocycles. The molecule has 23 heavy (non-hydrogen) atoms. The number of carbonyl (C=O) groups is 1. The van der Waals surface area contributed by atoms with Crippen molar-refractivity contribution in [1.82, 2.24) is 0 Å². The molecular formula is C19H32NO2P. The average molecular weight is 337 g/mol. The molecule has 0 radical (unpaired) electrons. The molecule has 0 heterocycles. The summed E-state index contributed by atoms with van der Waals surface area (Å²) in [5, 5.41) is 8.89. The van der Waals surface area contributed by atoms with Crippen molar-refractivity contribution in [2.24, 2.45) is 15.8 Å². The number of nitrogens with zero attached hydrogens (tertiary/aromatic N) is 1. The number of hydrogen-bond acceptors (Lipinski definition) is 2. The van der Waals surface area contributed by atoms with Gasteiger partial charge in [-0.3, -0.25) is 4.99 Å². The summed E-state index contributed by atoms with van der Waals surface area (Å²) in [7, 11) is 2.42. The van der Waals surface area contributed by atoms with Crippen molar-refractivity contribution < 1.29 is 9.90 Å². The van der Waals surface area contributed by atoms with Crippen LogP contribution in [0.1, 0.15) is 63.9 Å². The molecule has 0 saturated carbocycles. The van der Waals surface area contributed by atoms with E-state index in [1.54, 1.807) is 24.3 Å². The molecule has 0 amide bonds. The zero-order valence-electron chi connectivity index (χ0n) is 15.6. The number of carboxylic acid groups (broad SMARTS) is 1.